The van der Waals surface area contributed by atoms with E-state index in [1.54, 1.807) is 0 Å². The molecule has 6 rings (SSSR count). The van der Waals surface area contributed by atoms with Gasteiger partial charge in [0.25, 0.3) is 0 Å². The summed E-state index contributed by atoms with van der Waals surface area (Å²) in [5.41, 5.74) is 6.64. The quantitative estimate of drug-likeness (QED) is 0.348. The Balaban J connectivity index is 0.984. The lowest BCUT2D eigenvalue weighted by Gasteiger charge is -2.23. The van der Waals surface area contributed by atoms with Crippen molar-refractivity contribution in [3.8, 4) is 11.5 Å². The fraction of sp³-hybridized carbons (Fsp3) is 0.188. The number of hydrogen-bond donors (Lipinski definition) is 2. The molecule has 39 heavy (non-hydrogen) atoms. The van der Waals surface area contributed by atoms with Crippen LogP contribution in [0, 0.1) is 0 Å². The number of benzene rings is 4. The molecule has 2 unspecified atom stereocenters. The molecule has 196 valence electrons. The van der Waals surface area contributed by atoms with Crippen LogP contribution in [0.15, 0.2) is 84.9 Å². The van der Waals surface area contributed by atoms with Crippen molar-refractivity contribution in [3.63, 3.8) is 0 Å². The first-order valence-corrected chi connectivity index (χ1v) is 13.1. The molecule has 2 N–H and O–H groups in total. The normalized spacial score (nSPS) is 17.1. The maximum Gasteiger partial charge on any atom is 0.205 e. The predicted octanol–water partition coefficient (Wildman–Crippen LogP) is 3.21. The van der Waals surface area contributed by atoms with E-state index < -0.39 is 0 Å². The summed E-state index contributed by atoms with van der Waals surface area (Å²) < 4.78 is 17.4. The van der Waals surface area contributed by atoms with E-state index in [-0.39, 0.29) is 11.6 Å². The van der Waals surface area contributed by atoms with E-state index in [1.807, 2.05) is 99.0 Å². The molecular weight excluding hydrogens is 492 g/mol. The van der Waals surface area contributed by atoms with Crippen LogP contribution in [0.2, 0.25) is 0 Å². The van der Waals surface area contributed by atoms with Gasteiger partial charge in [-0.3, -0.25) is 19.4 Å². The third-order valence-corrected chi connectivity index (χ3v) is 7.42. The monoisotopic (exact) mass is 522 g/mol. The number of para-hydroxylation sites is 2. The van der Waals surface area contributed by atoms with Crippen LogP contribution in [-0.2, 0) is 4.74 Å². The van der Waals surface area contributed by atoms with E-state index in [0.29, 0.717) is 49.1 Å². The van der Waals surface area contributed by atoms with Crippen molar-refractivity contribution in [1.82, 2.24) is 0 Å². The van der Waals surface area contributed by atoms with Gasteiger partial charge in [-0.05, 0) is 36.4 Å². The van der Waals surface area contributed by atoms with Crippen molar-refractivity contribution in [3.05, 3.63) is 107 Å². The Hall–Kier alpha value is -4.30. The third-order valence-electron chi connectivity index (χ3n) is 7.42. The minimum absolute atomic E-state index is 0.0196. The van der Waals surface area contributed by atoms with E-state index in [4.69, 9.17) is 14.2 Å². The van der Waals surface area contributed by atoms with Gasteiger partial charge >= 0.3 is 0 Å². The van der Waals surface area contributed by atoms with Crippen LogP contribution in [0.5, 0.6) is 11.5 Å². The number of ether oxygens (including phenoxy) is 3. The summed E-state index contributed by atoms with van der Waals surface area (Å²) >= 11 is 0. The van der Waals surface area contributed by atoms with Crippen molar-refractivity contribution in [2.24, 2.45) is 0 Å². The standard InChI is InChI=1S/C32H28N2O5/c1-33-27-9-5-3-7-23(27)31(35)25-19-21(11-13-29(25)33)38-17-15-37-16-18-39-22-12-14-30-26(20-22)32(36)24-8-4-6-10-28(24)34(30)2/h3-14,19-20H,15-18H2,1-2H3/p+2. The predicted molar refractivity (Wildman–Crippen MR) is 147 cm³/mol. The molecule has 7 nitrogen and oxygen atoms in total. The van der Waals surface area contributed by atoms with Gasteiger partial charge in [-0.15, -0.1) is 0 Å². The number of fused-ring (bicyclic) bond motifs is 4. The topological polar surface area (TPSA) is 70.7 Å². The van der Waals surface area contributed by atoms with Crippen LogP contribution >= 0.6 is 0 Å². The van der Waals surface area contributed by atoms with Crippen LogP contribution in [0.3, 0.4) is 0 Å². The molecule has 0 saturated heterocycles. The highest BCUT2D eigenvalue weighted by molar-refractivity contribution is 6.16. The van der Waals surface area contributed by atoms with Gasteiger partial charge in [0.15, 0.2) is 0 Å². The van der Waals surface area contributed by atoms with E-state index in [0.717, 1.165) is 43.7 Å². The zero-order valence-electron chi connectivity index (χ0n) is 22.0. The van der Waals surface area contributed by atoms with E-state index in [9.17, 15) is 9.59 Å². The lowest BCUT2D eigenvalue weighted by Crippen LogP contribution is -2.99. The van der Waals surface area contributed by atoms with Gasteiger partial charge < -0.3 is 14.2 Å². The summed E-state index contributed by atoms with van der Waals surface area (Å²) in [6.45, 7) is 1.48. The molecule has 2 aliphatic rings. The molecule has 7 heteroatoms. The first-order chi connectivity index (χ1) is 19.0. The second-order valence-corrected chi connectivity index (χ2v) is 9.72. The first kappa shape index (κ1) is 25.0. The second kappa shape index (κ2) is 10.5. The minimum atomic E-state index is 0.0196. The fourth-order valence-electron chi connectivity index (χ4n) is 5.39. The zero-order valence-corrected chi connectivity index (χ0v) is 22.0. The molecule has 2 heterocycles. The smallest absolute Gasteiger partial charge is 0.205 e. The van der Waals surface area contributed by atoms with Gasteiger partial charge in [0.2, 0.25) is 11.6 Å². The maximum atomic E-state index is 13.0. The molecule has 0 saturated carbocycles. The van der Waals surface area contributed by atoms with Gasteiger partial charge in [-0.2, -0.15) is 0 Å². The molecule has 0 bridgehead atoms. The summed E-state index contributed by atoms with van der Waals surface area (Å²) in [5, 5.41) is 0. The summed E-state index contributed by atoms with van der Waals surface area (Å²) in [4.78, 5) is 28.2. The fourth-order valence-corrected chi connectivity index (χ4v) is 5.39. The van der Waals surface area contributed by atoms with Crippen LogP contribution < -0.4 is 19.3 Å². The minimum Gasteiger partial charge on any atom is -0.491 e. The number of carbonyl (C=O) groups is 2. The number of carbonyl (C=O) groups excluding carboxylic acids is 2. The van der Waals surface area contributed by atoms with Crippen LogP contribution in [-0.4, -0.2) is 52.1 Å². The Kier molecular flexibility index (Phi) is 6.70. The molecule has 0 spiro atoms. The molecule has 4 aromatic rings. The average Bonchev–Trinajstić information content (AvgIpc) is 2.98. The van der Waals surface area contributed by atoms with Gasteiger partial charge in [-0.1, -0.05) is 24.3 Å². The molecule has 4 aromatic carbocycles. The zero-order chi connectivity index (χ0) is 26.9. The number of ketones is 2. The first-order valence-electron chi connectivity index (χ1n) is 13.1. The summed E-state index contributed by atoms with van der Waals surface area (Å²) in [6.07, 6.45) is 0. The van der Waals surface area contributed by atoms with Gasteiger partial charge in [0.05, 0.1) is 49.6 Å². The largest absolute Gasteiger partial charge is 0.491 e. The van der Waals surface area contributed by atoms with Crippen LogP contribution in [0.1, 0.15) is 31.8 Å². The SMILES string of the molecule is C[NH+]1c2ccccc2C(=O)c2cc(OCCOCCOc3ccc4c(c3)C(=O)c3ccccc3[NH+]4C)ccc21. The van der Waals surface area contributed by atoms with E-state index in [1.165, 1.54) is 0 Å². The number of nitrogens with one attached hydrogen (secondary N) is 2. The molecule has 0 amide bonds. The van der Waals surface area contributed by atoms with Gasteiger partial charge in [0, 0.05) is 24.3 Å². The van der Waals surface area contributed by atoms with Crippen molar-refractivity contribution in [1.29, 1.82) is 0 Å². The van der Waals surface area contributed by atoms with Crippen LogP contribution in [0.25, 0.3) is 0 Å². The molecule has 0 fully saturated rings. The maximum absolute atomic E-state index is 13.0. The van der Waals surface area contributed by atoms with Crippen LogP contribution in [0.4, 0.5) is 22.7 Å². The lowest BCUT2D eigenvalue weighted by atomic mass is 9.94. The highest BCUT2D eigenvalue weighted by Crippen LogP contribution is 2.31. The lowest BCUT2D eigenvalue weighted by molar-refractivity contribution is -0.736. The molecule has 2 aliphatic heterocycles. The number of hydrogen-bond acceptors (Lipinski definition) is 5. The molecule has 2 atom stereocenters. The highest BCUT2D eigenvalue weighted by Gasteiger charge is 2.32. The summed E-state index contributed by atoms with van der Waals surface area (Å²) in [7, 11) is 4.09. The molecular formula is C32H30N2O5+2. The van der Waals surface area contributed by atoms with E-state index >= 15 is 0 Å². The third kappa shape index (κ3) is 4.61. The summed E-state index contributed by atoms with van der Waals surface area (Å²) in [5.74, 6) is 1.32. The Labute approximate surface area is 227 Å². The van der Waals surface area contributed by atoms with Crippen molar-refractivity contribution in [2.75, 3.05) is 40.5 Å². The number of quaternary nitrogens is 2. The Morgan fingerprint density at radius 2 is 0.923 bits per heavy atom. The van der Waals surface area contributed by atoms with Crippen molar-refractivity contribution in [2.45, 2.75) is 0 Å². The number of rotatable bonds is 8. The van der Waals surface area contributed by atoms with E-state index in [2.05, 4.69) is 0 Å². The Morgan fingerprint density at radius 1 is 0.513 bits per heavy atom. The van der Waals surface area contributed by atoms with Crippen molar-refractivity contribution < 1.29 is 33.6 Å². The highest BCUT2D eigenvalue weighted by atomic mass is 16.5. The van der Waals surface area contributed by atoms with Gasteiger partial charge in [0.1, 0.15) is 47.5 Å². The van der Waals surface area contributed by atoms with Gasteiger partial charge in [-0.25, -0.2) is 0 Å². The molecule has 0 aliphatic carbocycles. The molecule has 0 radical (unpaired) electrons. The average molecular weight is 523 g/mol. The second-order valence-electron chi connectivity index (χ2n) is 9.72. The summed E-state index contributed by atoms with van der Waals surface area (Å²) in [6, 6.07) is 26.7. The Bertz CT molecular complexity index is 1460. The van der Waals surface area contributed by atoms with Crippen molar-refractivity contribution >= 4 is 34.3 Å². The Morgan fingerprint density at radius 3 is 1.38 bits per heavy atom. The molecule has 0 aromatic heterocycles.